The van der Waals surface area contributed by atoms with Crippen LogP contribution in [0.2, 0.25) is 0 Å². The Morgan fingerprint density at radius 2 is 2.05 bits per heavy atom. The van der Waals surface area contributed by atoms with Gasteiger partial charge in [0.15, 0.2) is 0 Å². The molecule has 0 bridgehead atoms. The molecule has 1 aromatic carbocycles. The third kappa shape index (κ3) is 4.67. The molecule has 114 valence electrons. The summed E-state index contributed by atoms with van der Waals surface area (Å²) in [5, 5.41) is 0. The highest BCUT2D eigenvalue weighted by Gasteiger charge is 2.17. The summed E-state index contributed by atoms with van der Waals surface area (Å²) in [6.45, 7) is 6.73. The molecule has 0 aliphatic rings. The summed E-state index contributed by atoms with van der Waals surface area (Å²) in [5.74, 6) is 0.762. The molecule has 0 aliphatic heterocycles. The van der Waals surface area contributed by atoms with Crippen molar-refractivity contribution in [1.82, 2.24) is 9.97 Å². The van der Waals surface area contributed by atoms with Crippen molar-refractivity contribution in [2.75, 3.05) is 0 Å². The molecule has 0 saturated carbocycles. The monoisotopic (exact) mass is 352 g/mol. The summed E-state index contributed by atoms with van der Waals surface area (Å²) in [5.41, 5.74) is 2.46. The Morgan fingerprint density at radius 3 is 2.71 bits per heavy atom. The summed E-state index contributed by atoms with van der Waals surface area (Å²) in [7, 11) is 0. The predicted octanol–water partition coefficient (Wildman–Crippen LogP) is 5.08. The van der Waals surface area contributed by atoms with Gasteiger partial charge in [-0.05, 0) is 51.9 Å². The maximum absolute atomic E-state index is 13.5. The Hall–Kier alpha value is -1.16. The second kappa shape index (κ2) is 6.73. The first-order valence-corrected chi connectivity index (χ1v) is 8.15. The van der Waals surface area contributed by atoms with Gasteiger partial charge in [0, 0.05) is 18.3 Å². The Morgan fingerprint density at radius 1 is 1.29 bits per heavy atom. The number of halogens is 2. The van der Waals surface area contributed by atoms with Gasteiger partial charge in [-0.2, -0.15) is 0 Å². The van der Waals surface area contributed by atoms with Crippen LogP contribution in [0.3, 0.4) is 0 Å². The van der Waals surface area contributed by atoms with Gasteiger partial charge in [0.1, 0.15) is 11.6 Å². The van der Waals surface area contributed by atoms with Gasteiger partial charge >= 0.3 is 0 Å². The number of hydrogen-bond donors (Lipinski definition) is 1. The summed E-state index contributed by atoms with van der Waals surface area (Å²) >= 11 is 3.17. The van der Waals surface area contributed by atoms with Crippen molar-refractivity contribution in [3.63, 3.8) is 0 Å². The molecule has 0 aliphatic carbocycles. The number of rotatable bonds is 6. The summed E-state index contributed by atoms with van der Waals surface area (Å²) < 4.78 is 14.0. The molecule has 0 radical (unpaired) electrons. The van der Waals surface area contributed by atoms with E-state index in [2.05, 4.69) is 46.7 Å². The molecule has 4 heteroatoms. The lowest BCUT2D eigenvalue weighted by Gasteiger charge is -2.21. The minimum atomic E-state index is -0.211. The molecule has 0 atom stereocenters. The molecule has 1 heterocycles. The zero-order valence-electron chi connectivity index (χ0n) is 12.8. The third-order valence-electron chi connectivity index (χ3n) is 3.94. The van der Waals surface area contributed by atoms with Crippen molar-refractivity contribution < 1.29 is 4.39 Å². The standard InChI is InChI=1S/C17H22BrFN2/c1-4-17(2,3)10-13-11-20-16(21-13)8-6-12-5-7-14(18)15(19)9-12/h5,7,9,11H,4,6,8,10H2,1-3H3,(H,20,21). The lowest BCUT2D eigenvalue weighted by Crippen LogP contribution is -2.13. The van der Waals surface area contributed by atoms with Gasteiger partial charge in [0.25, 0.3) is 0 Å². The summed E-state index contributed by atoms with van der Waals surface area (Å²) in [4.78, 5) is 7.82. The zero-order chi connectivity index (χ0) is 15.5. The Bertz CT molecular complexity index is 605. The van der Waals surface area contributed by atoms with Gasteiger partial charge in [-0.1, -0.05) is 33.3 Å². The van der Waals surface area contributed by atoms with Crippen LogP contribution < -0.4 is 0 Å². The average Bonchev–Trinajstić information content (AvgIpc) is 2.87. The van der Waals surface area contributed by atoms with Crippen LogP contribution in [-0.4, -0.2) is 9.97 Å². The van der Waals surface area contributed by atoms with Gasteiger partial charge in [-0.3, -0.25) is 0 Å². The molecule has 0 unspecified atom stereocenters. The van der Waals surface area contributed by atoms with Gasteiger partial charge < -0.3 is 4.98 Å². The molecular formula is C17H22BrFN2. The molecule has 21 heavy (non-hydrogen) atoms. The molecular weight excluding hydrogens is 331 g/mol. The molecule has 2 rings (SSSR count). The maximum atomic E-state index is 13.5. The van der Waals surface area contributed by atoms with Crippen molar-refractivity contribution in [2.24, 2.45) is 5.41 Å². The smallest absolute Gasteiger partial charge is 0.137 e. The highest BCUT2D eigenvalue weighted by atomic mass is 79.9. The fraction of sp³-hybridized carbons (Fsp3) is 0.471. The SMILES string of the molecule is CCC(C)(C)Cc1cnc(CCc2ccc(Br)c(F)c2)[nH]1. The molecule has 0 amide bonds. The Kier molecular flexibility index (Phi) is 5.20. The Balaban J connectivity index is 1.95. The number of imidazole rings is 1. The van der Waals surface area contributed by atoms with Crippen LogP contribution in [0.1, 0.15) is 44.3 Å². The van der Waals surface area contributed by atoms with E-state index in [9.17, 15) is 4.39 Å². The first-order valence-electron chi connectivity index (χ1n) is 7.36. The molecule has 1 N–H and O–H groups in total. The number of aromatic amines is 1. The normalized spacial score (nSPS) is 11.9. The lowest BCUT2D eigenvalue weighted by atomic mass is 9.85. The molecule has 0 saturated heterocycles. The number of nitrogens with zero attached hydrogens (tertiary/aromatic N) is 1. The largest absolute Gasteiger partial charge is 0.346 e. The summed E-state index contributed by atoms with van der Waals surface area (Å²) in [6.07, 6.45) is 5.65. The van der Waals surface area contributed by atoms with Crippen LogP contribution in [0.15, 0.2) is 28.9 Å². The quantitative estimate of drug-likeness (QED) is 0.771. The van der Waals surface area contributed by atoms with Crippen LogP contribution in [0, 0.1) is 11.2 Å². The topological polar surface area (TPSA) is 28.7 Å². The van der Waals surface area contributed by atoms with Crippen molar-refractivity contribution in [3.05, 3.63) is 51.8 Å². The van der Waals surface area contributed by atoms with Crippen LogP contribution in [-0.2, 0) is 19.3 Å². The fourth-order valence-corrected chi connectivity index (χ4v) is 2.47. The molecule has 2 aromatic rings. The molecule has 0 fully saturated rings. The number of nitrogens with one attached hydrogen (secondary N) is 1. The number of aromatic nitrogens is 2. The van der Waals surface area contributed by atoms with E-state index >= 15 is 0 Å². The van der Waals surface area contributed by atoms with Crippen molar-refractivity contribution in [2.45, 2.75) is 46.5 Å². The van der Waals surface area contributed by atoms with Crippen molar-refractivity contribution in [1.29, 1.82) is 0 Å². The minimum absolute atomic E-state index is 0.211. The third-order valence-corrected chi connectivity index (χ3v) is 4.58. The van der Waals surface area contributed by atoms with E-state index in [1.165, 1.54) is 5.69 Å². The first-order chi connectivity index (χ1) is 9.89. The highest BCUT2D eigenvalue weighted by Crippen LogP contribution is 2.24. The van der Waals surface area contributed by atoms with Crippen LogP contribution in [0.25, 0.3) is 0 Å². The predicted molar refractivity (Wildman–Crippen MR) is 87.9 cm³/mol. The van der Waals surface area contributed by atoms with Gasteiger partial charge in [0.05, 0.1) is 4.47 Å². The maximum Gasteiger partial charge on any atom is 0.137 e. The van der Waals surface area contributed by atoms with Gasteiger partial charge in [-0.15, -0.1) is 0 Å². The van der Waals surface area contributed by atoms with Crippen molar-refractivity contribution >= 4 is 15.9 Å². The fourth-order valence-electron chi connectivity index (χ4n) is 2.22. The second-order valence-corrected chi connectivity index (χ2v) is 7.15. The zero-order valence-corrected chi connectivity index (χ0v) is 14.4. The average molecular weight is 353 g/mol. The Labute approximate surface area is 134 Å². The van der Waals surface area contributed by atoms with Crippen LogP contribution in [0.4, 0.5) is 4.39 Å². The first kappa shape index (κ1) is 16.2. The van der Waals surface area contributed by atoms with E-state index in [1.54, 1.807) is 12.1 Å². The summed E-state index contributed by atoms with van der Waals surface area (Å²) in [6, 6.07) is 5.27. The van der Waals surface area contributed by atoms with Crippen molar-refractivity contribution in [3.8, 4) is 0 Å². The molecule has 1 aromatic heterocycles. The van der Waals surface area contributed by atoms with E-state index in [-0.39, 0.29) is 5.82 Å². The van der Waals surface area contributed by atoms with Gasteiger partial charge in [0.2, 0.25) is 0 Å². The lowest BCUT2D eigenvalue weighted by molar-refractivity contribution is 0.346. The van der Waals surface area contributed by atoms with E-state index in [1.807, 2.05) is 12.3 Å². The number of H-pyrrole nitrogens is 1. The molecule has 0 spiro atoms. The number of benzene rings is 1. The van der Waals surface area contributed by atoms with Crippen LogP contribution in [0.5, 0.6) is 0 Å². The second-order valence-electron chi connectivity index (χ2n) is 6.30. The van der Waals surface area contributed by atoms with Gasteiger partial charge in [-0.25, -0.2) is 9.37 Å². The number of hydrogen-bond acceptors (Lipinski definition) is 1. The number of aryl methyl sites for hydroxylation is 2. The molecule has 2 nitrogen and oxygen atoms in total. The highest BCUT2D eigenvalue weighted by molar-refractivity contribution is 9.10. The minimum Gasteiger partial charge on any atom is -0.346 e. The van der Waals surface area contributed by atoms with E-state index in [0.29, 0.717) is 9.89 Å². The van der Waals surface area contributed by atoms with E-state index in [0.717, 1.165) is 37.1 Å². The van der Waals surface area contributed by atoms with E-state index in [4.69, 9.17) is 0 Å². The van der Waals surface area contributed by atoms with Crippen LogP contribution >= 0.6 is 15.9 Å². The van der Waals surface area contributed by atoms with E-state index < -0.39 is 0 Å².